The molecular formula is C6H14N2O. The molecule has 0 aliphatic carbocycles. The van der Waals surface area contributed by atoms with Gasteiger partial charge >= 0.3 is 0 Å². The summed E-state index contributed by atoms with van der Waals surface area (Å²) >= 11 is 0. The molecule has 1 rings (SSSR count). The van der Waals surface area contributed by atoms with E-state index >= 15 is 0 Å². The second-order valence-electron chi connectivity index (χ2n) is 2.68. The minimum atomic E-state index is -0.564. The van der Waals surface area contributed by atoms with Gasteiger partial charge in [0.2, 0.25) is 0 Å². The first-order chi connectivity index (χ1) is 4.27. The predicted molar refractivity (Wildman–Crippen MR) is 36.1 cm³/mol. The van der Waals surface area contributed by atoms with E-state index < -0.39 is 5.60 Å². The Bertz CT molecular complexity index is 89.1. The highest BCUT2D eigenvalue weighted by molar-refractivity contribution is 4.84. The molecule has 54 valence electrons. The maximum absolute atomic E-state index is 9.52. The van der Waals surface area contributed by atoms with E-state index in [2.05, 4.69) is 5.32 Å². The maximum Gasteiger partial charge on any atom is 0.0793 e. The fourth-order valence-corrected chi connectivity index (χ4v) is 1.10. The quantitative estimate of drug-likeness (QED) is 0.429. The Labute approximate surface area is 55.2 Å². The number of rotatable bonds is 1. The van der Waals surface area contributed by atoms with Gasteiger partial charge in [0, 0.05) is 6.54 Å². The monoisotopic (exact) mass is 130 g/mol. The van der Waals surface area contributed by atoms with Gasteiger partial charge in [-0.15, -0.1) is 0 Å². The highest BCUT2D eigenvalue weighted by atomic mass is 16.3. The van der Waals surface area contributed by atoms with Gasteiger partial charge in [-0.2, -0.15) is 0 Å². The molecule has 1 heterocycles. The summed E-state index contributed by atoms with van der Waals surface area (Å²) in [5, 5.41) is 12.7. The molecule has 0 radical (unpaired) electrons. The molecule has 0 bridgehead atoms. The van der Waals surface area contributed by atoms with Gasteiger partial charge in [-0.25, -0.2) is 0 Å². The molecule has 0 aromatic carbocycles. The largest absolute Gasteiger partial charge is 0.388 e. The van der Waals surface area contributed by atoms with E-state index in [0.29, 0.717) is 6.54 Å². The molecule has 0 aromatic heterocycles. The van der Waals surface area contributed by atoms with E-state index in [4.69, 9.17) is 5.73 Å². The molecule has 0 spiro atoms. The Hall–Kier alpha value is -0.120. The Balaban J connectivity index is 2.37. The SMILES string of the molecule is NCC1(O)CCNCC1. The van der Waals surface area contributed by atoms with E-state index in [1.807, 2.05) is 0 Å². The van der Waals surface area contributed by atoms with Crippen LogP contribution in [0.2, 0.25) is 0 Å². The van der Waals surface area contributed by atoms with Crippen molar-refractivity contribution in [3.8, 4) is 0 Å². The maximum atomic E-state index is 9.52. The molecule has 0 amide bonds. The van der Waals surface area contributed by atoms with Gasteiger partial charge in [0.1, 0.15) is 0 Å². The first kappa shape index (κ1) is 6.99. The number of piperidine rings is 1. The third-order valence-electron chi connectivity index (χ3n) is 1.91. The van der Waals surface area contributed by atoms with Crippen LogP contribution in [0.15, 0.2) is 0 Å². The van der Waals surface area contributed by atoms with Crippen LogP contribution in [0.5, 0.6) is 0 Å². The third-order valence-corrected chi connectivity index (χ3v) is 1.91. The fraction of sp³-hybridized carbons (Fsp3) is 1.00. The summed E-state index contributed by atoms with van der Waals surface area (Å²) < 4.78 is 0. The average molecular weight is 130 g/mol. The topological polar surface area (TPSA) is 58.3 Å². The van der Waals surface area contributed by atoms with Crippen LogP contribution in [0.3, 0.4) is 0 Å². The van der Waals surface area contributed by atoms with Gasteiger partial charge < -0.3 is 16.2 Å². The molecule has 3 nitrogen and oxygen atoms in total. The first-order valence-corrected chi connectivity index (χ1v) is 3.40. The Morgan fingerprint density at radius 1 is 1.44 bits per heavy atom. The van der Waals surface area contributed by atoms with Gasteiger partial charge in [0.05, 0.1) is 5.60 Å². The van der Waals surface area contributed by atoms with Crippen molar-refractivity contribution in [2.75, 3.05) is 19.6 Å². The van der Waals surface area contributed by atoms with Crippen LogP contribution in [0.4, 0.5) is 0 Å². The molecule has 0 unspecified atom stereocenters. The van der Waals surface area contributed by atoms with Crippen molar-refractivity contribution in [1.82, 2.24) is 5.32 Å². The molecule has 1 aliphatic rings. The highest BCUT2D eigenvalue weighted by Crippen LogP contribution is 2.14. The molecule has 1 aliphatic heterocycles. The predicted octanol–water partition coefficient (Wildman–Crippen LogP) is -0.940. The van der Waals surface area contributed by atoms with Gasteiger partial charge in [-0.1, -0.05) is 0 Å². The van der Waals surface area contributed by atoms with Crippen molar-refractivity contribution in [3.05, 3.63) is 0 Å². The molecule has 0 saturated carbocycles. The Morgan fingerprint density at radius 2 is 2.00 bits per heavy atom. The zero-order chi connectivity index (χ0) is 6.74. The lowest BCUT2D eigenvalue weighted by Gasteiger charge is -2.30. The summed E-state index contributed by atoms with van der Waals surface area (Å²) in [6.07, 6.45) is 1.59. The smallest absolute Gasteiger partial charge is 0.0793 e. The number of aliphatic hydroxyl groups is 1. The normalized spacial score (nSPS) is 26.0. The molecule has 0 aromatic rings. The summed E-state index contributed by atoms with van der Waals surface area (Å²) in [6.45, 7) is 2.19. The van der Waals surface area contributed by atoms with Gasteiger partial charge in [0.15, 0.2) is 0 Å². The molecule has 9 heavy (non-hydrogen) atoms. The number of nitrogens with two attached hydrogens (primary N) is 1. The van der Waals surface area contributed by atoms with Gasteiger partial charge in [-0.05, 0) is 25.9 Å². The van der Waals surface area contributed by atoms with Crippen LogP contribution in [-0.4, -0.2) is 30.3 Å². The zero-order valence-electron chi connectivity index (χ0n) is 5.56. The van der Waals surface area contributed by atoms with Crippen LogP contribution in [0.1, 0.15) is 12.8 Å². The van der Waals surface area contributed by atoms with Crippen molar-refractivity contribution >= 4 is 0 Å². The second kappa shape index (κ2) is 2.64. The zero-order valence-corrected chi connectivity index (χ0v) is 5.56. The Morgan fingerprint density at radius 3 is 2.33 bits per heavy atom. The molecule has 3 heteroatoms. The average Bonchev–Trinajstić information content (AvgIpc) is 1.90. The highest BCUT2D eigenvalue weighted by Gasteiger charge is 2.26. The summed E-state index contributed by atoms with van der Waals surface area (Å²) in [6, 6.07) is 0. The third kappa shape index (κ3) is 1.64. The van der Waals surface area contributed by atoms with Crippen molar-refractivity contribution in [3.63, 3.8) is 0 Å². The fourth-order valence-electron chi connectivity index (χ4n) is 1.10. The minimum Gasteiger partial charge on any atom is -0.388 e. The molecule has 4 N–H and O–H groups in total. The van der Waals surface area contributed by atoms with Crippen molar-refractivity contribution < 1.29 is 5.11 Å². The number of hydrogen-bond acceptors (Lipinski definition) is 3. The van der Waals surface area contributed by atoms with E-state index in [1.165, 1.54) is 0 Å². The minimum absolute atomic E-state index is 0.397. The lowest BCUT2D eigenvalue weighted by molar-refractivity contribution is 0.0192. The van der Waals surface area contributed by atoms with Gasteiger partial charge in [0.25, 0.3) is 0 Å². The van der Waals surface area contributed by atoms with Crippen molar-refractivity contribution in [1.29, 1.82) is 0 Å². The van der Waals surface area contributed by atoms with Crippen LogP contribution in [-0.2, 0) is 0 Å². The van der Waals surface area contributed by atoms with E-state index in [0.717, 1.165) is 25.9 Å². The van der Waals surface area contributed by atoms with Crippen LogP contribution in [0, 0.1) is 0 Å². The van der Waals surface area contributed by atoms with Crippen LogP contribution >= 0.6 is 0 Å². The van der Waals surface area contributed by atoms with E-state index in [1.54, 1.807) is 0 Å². The number of nitrogens with one attached hydrogen (secondary N) is 1. The molecule has 0 atom stereocenters. The molecule has 1 fully saturated rings. The standard InChI is InChI=1S/C6H14N2O/c7-5-6(9)1-3-8-4-2-6/h8-9H,1-5,7H2. The Kier molecular flexibility index (Phi) is 2.05. The first-order valence-electron chi connectivity index (χ1n) is 3.40. The summed E-state index contributed by atoms with van der Waals surface area (Å²) in [5.74, 6) is 0. The summed E-state index contributed by atoms with van der Waals surface area (Å²) in [7, 11) is 0. The van der Waals surface area contributed by atoms with Crippen molar-refractivity contribution in [2.24, 2.45) is 5.73 Å². The lowest BCUT2D eigenvalue weighted by Crippen LogP contribution is -2.46. The molecular weight excluding hydrogens is 116 g/mol. The van der Waals surface area contributed by atoms with E-state index in [9.17, 15) is 5.11 Å². The van der Waals surface area contributed by atoms with Crippen LogP contribution in [0.25, 0.3) is 0 Å². The lowest BCUT2D eigenvalue weighted by atomic mass is 9.93. The van der Waals surface area contributed by atoms with Crippen LogP contribution < -0.4 is 11.1 Å². The summed E-state index contributed by atoms with van der Waals surface area (Å²) in [5.41, 5.74) is 4.80. The molecule has 1 saturated heterocycles. The van der Waals surface area contributed by atoms with Gasteiger partial charge in [-0.3, -0.25) is 0 Å². The second-order valence-corrected chi connectivity index (χ2v) is 2.68. The number of hydrogen-bond donors (Lipinski definition) is 3. The van der Waals surface area contributed by atoms with Crippen molar-refractivity contribution in [2.45, 2.75) is 18.4 Å². The van der Waals surface area contributed by atoms with E-state index in [-0.39, 0.29) is 0 Å². The summed E-state index contributed by atoms with van der Waals surface area (Å²) in [4.78, 5) is 0.